The van der Waals surface area contributed by atoms with Crippen molar-refractivity contribution in [2.45, 2.75) is 19.0 Å². The standard InChI is InChI=1S/C16H14F2N2S2/c17-13-4-3-11(8-14(13)18)10-20-15(16-19-5-7-22-16)9-12-2-1-6-21-12/h1-8,15,20H,9-10H2/t15-/m1/s1. The highest BCUT2D eigenvalue weighted by molar-refractivity contribution is 7.10. The van der Waals surface area contributed by atoms with E-state index in [0.29, 0.717) is 12.1 Å². The van der Waals surface area contributed by atoms with Crippen LogP contribution in [0.15, 0.2) is 47.3 Å². The molecule has 0 saturated carbocycles. The molecule has 2 heterocycles. The van der Waals surface area contributed by atoms with Crippen LogP contribution in [0.2, 0.25) is 0 Å². The lowest BCUT2D eigenvalue weighted by Crippen LogP contribution is -2.22. The Bertz CT molecular complexity index is 712. The van der Waals surface area contributed by atoms with Crippen LogP contribution in [0.4, 0.5) is 8.78 Å². The molecule has 0 radical (unpaired) electrons. The van der Waals surface area contributed by atoms with Crippen molar-refractivity contribution in [1.82, 2.24) is 10.3 Å². The van der Waals surface area contributed by atoms with Gasteiger partial charge in [0.1, 0.15) is 5.01 Å². The van der Waals surface area contributed by atoms with Crippen LogP contribution < -0.4 is 5.32 Å². The van der Waals surface area contributed by atoms with E-state index in [-0.39, 0.29) is 6.04 Å². The van der Waals surface area contributed by atoms with Gasteiger partial charge in [-0.15, -0.1) is 22.7 Å². The predicted molar refractivity (Wildman–Crippen MR) is 86.1 cm³/mol. The number of thiophene rings is 1. The quantitative estimate of drug-likeness (QED) is 0.714. The van der Waals surface area contributed by atoms with Crippen LogP contribution in [0.3, 0.4) is 0 Å². The molecule has 2 aromatic heterocycles. The zero-order valence-corrected chi connectivity index (χ0v) is 13.3. The summed E-state index contributed by atoms with van der Waals surface area (Å²) in [6.45, 7) is 0.465. The summed E-state index contributed by atoms with van der Waals surface area (Å²) in [5.41, 5.74) is 0.714. The number of thiazole rings is 1. The SMILES string of the molecule is Fc1ccc(CN[C@H](Cc2cccs2)c2nccs2)cc1F. The third-order valence-electron chi connectivity index (χ3n) is 3.27. The zero-order chi connectivity index (χ0) is 15.4. The lowest BCUT2D eigenvalue weighted by molar-refractivity contribution is 0.500. The molecule has 1 aromatic carbocycles. The third kappa shape index (κ3) is 3.76. The zero-order valence-electron chi connectivity index (χ0n) is 11.6. The van der Waals surface area contributed by atoms with Crippen molar-refractivity contribution in [3.05, 3.63) is 74.4 Å². The highest BCUT2D eigenvalue weighted by Gasteiger charge is 2.15. The van der Waals surface area contributed by atoms with Gasteiger partial charge in [0, 0.05) is 29.4 Å². The van der Waals surface area contributed by atoms with Gasteiger partial charge in [0.2, 0.25) is 0 Å². The van der Waals surface area contributed by atoms with E-state index in [0.717, 1.165) is 17.5 Å². The van der Waals surface area contributed by atoms with Crippen LogP contribution in [0.1, 0.15) is 21.5 Å². The predicted octanol–water partition coefficient (Wildman–Crippen LogP) is 4.56. The fourth-order valence-corrected chi connectivity index (χ4v) is 3.64. The van der Waals surface area contributed by atoms with E-state index < -0.39 is 11.6 Å². The summed E-state index contributed by atoms with van der Waals surface area (Å²) in [5, 5.41) is 8.37. The Morgan fingerprint density at radius 2 is 2.00 bits per heavy atom. The maximum atomic E-state index is 13.3. The molecule has 0 fully saturated rings. The molecule has 6 heteroatoms. The van der Waals surface area contributed by atoms with Crippen LogP contribution in [0.5, 0.6) is 0 Å². The Morgan fingerprint density at radius 3 is 2.68 bits per heavy atom. The molecular weight excluding hydrogens is 322 g/mol. The molecule has 22 heavy (non-hydrogen) atoms. The molecule has 0 aliphatic heterocycles. The van der Waals surface area contributed by atoms with Gasteiger partial charge in [0.25, 0.3) is 0 Å². The van der Waals surface area contributed by atoms with Crippen LogP contribution >= 0.6 is 22.7 Å². The Morgan fingerprint density at radius 1 is 1.09 bits per heavy atom. The monoisotopic (exact) mass is 336 g/mol. The number of aromatic nitrogens is 1. The molecule has 0 saturated heterocycles. The minimum atomic E-state index is -0.821. The maximum absolute atomic E-state index is 13.3. The molecule has 0 amide bonds. The first-order valence-corrected chi connectivity index (χ1v) is 8.57. The molecule has 3 aromatic rings. The Kier molecular flexibility index (Phi) is 4.92. The number of halogens is 2. The fourth-order valence-electron chi connectivity index (χ4n) is 2.17. The molecule has 0 aliphatic rings. The van der Waals surface area contributed by atoms with Crippen molar-refractivity contribution in [2.75, 3.05) is 0 Å². The number of hydrogen-bond donors (Lipinski definition) is 1. The summed E-state index contributed by atoms with van der Waals surface area (Å²) in [6.07, 6.45) is 2.61. The van der Waals surface area contributed by atoms with Crippen LogP contribution in [-0.4, -0.2) is 4.98 Å². The van der Waals surface area contributed by atoms with E-state index in [1.165, 1.54) is 10.9 Å². The average Bonchev–Trinajstić information content (AvgIpc) is 3.19. The van der Waals surface area contributed by atoms with Gasteiger partial charge >= 0.3 is 0 Å². The topological polar surface area (TPSA) is 24.9 Å². The largest absolute Gasteiger partial charge is 0.304 e. The van der Waals surface area contributed by atoms with Crippen molar-refractivity contribution in [3.8, 4) is 0 Å². The van der Waals surface area contributed by atoms with Gasteiger partial charge < -0.3 is 5.32 Å². The molecule has 0 aliphatic carbocycles. The van der Waals surface area contributed by atoms with E-state index in [1.807, 2.05) is 16.8 Å². The van der Waals surface area contributed by atoms with Gasteiger partial charge in [-0.3, -0.25) is 0 Å². The van der Waals surface area contributed by atoms with E-state index in [9.17, 15) is 8.78 Å². The van der Waals surface area contributed by atoms with E-state index in [1.54, 1.807) is 34.9 Å². The summed E-state index contributed by atoms with van der Waals surface area (Å²) in [7, 11) is 0. The minimum Gasteiger partial charge on any atom is -0.304 e. The first-order valence-electron chi connectivity index (χ1n) is 6.81. The normalized spacial score (nSPS) is 12.5. The second kappa shape index (κ2) is 7.09. The number of nitrogens with one attached hydrogen (secondary N) is 1. The van der Waals surface area contributed by atoms with Crippen molar-refractivity contribution in [1.29, 1.82) is 0 Å². The summed E-state index contributed by atoms with van der Waals surface area (Å²) in [6, 6.07) is 8.15. The van der Waals surface area contributed by atoms with Crippen molar-refractivity contribution in [3.63, 3.8) is 0 Å². The molecular formula is C16H14F2N2S2. The molecule has 1 N–H and O–H groups in total. The van der Waals surface area contributed by atoms with Crippen molar-refractivity contribution >= 4 is 22.7 Å². The lowest BCUT2D eigenvalue weighted by Gasteiger charge is -2.16. The number of rotatable bonds is 6. The second-order valence-electron chi connectivity index (χ2n) is 4.84. The van der Waals surface area contributed by atoms with E-state index >= 15 is 0 Å². The average molecular weight is 336 g/mol. The summed E-state index contributed by atoms with van der Waals surface area (Å²) < 4.78 is 26.2. The van der Waals surface area contributed by atoms with Crippen LogP contribution in [-0.2, 0) is 13.0 Å². The smallest absolute Gasteiger partial charge is 0.159 e. The highest BCUT2D eigenvalue weighted by Crippen LogP contribution is 2.23. The number of hydrogen-bond acceptors (Lipinski definition) is 4. The first-order chi connectivity index (χ1) is 10.7. The fraction of sp³-hybridized carbons (Fsp3) is 0.188. The lowest BCUT2D eigenvalue weighted by atomic mass is 10.1. The van der Waals surface area contributed by atoms with Gasteiger partial charge in [-0.05, 0) is 29.1 Å². The third-order valence-corrected chi connectivity index (χ3v) is 5.06. The van der Waals surface area contributed by atoms with Gasteiger partial charge in [0.15, 0.2) is 11.6 Å². The van der Waals surface area contributed by atoms with Crippen LogP contribution in [0.25, 0.3) is 0 Å². The Hall–Kier alpha value is -1.63. The van der Waals surface area contributed by atoms with E-state index in [2.05, 4.69) is 16.4 Å². The molecule has 2 nitrogen and oxygen atoms in total. The maximum Gasteiger partial charge on any atom is 0.159 e. The molecule has 114 valence electrons. The van der Waals surface area contributed by atoms with Gasteiger partial charge in [-0.25, -0.2) is 13.8 Å². The summed E-state index contributed by atoms with van der Waals surface area (Å²) in [5.74, 6) is -1.64. The van der Waals surface area contributed by atoms with Crippen LogP contribution in [0, 0.1) is 11.6 Å². The second-order valence-corrected chi connectivity index (χ2v) is 6.79. The molecule has 0 bridgehead atoms. The molecule has 0 spiro atoms. The van der Waals surface area contributed by atoms with Gasteiger partial charge in [-0.1, -0.05) is 12.1 Å². The molecule has 0 unspecified atom stereocenters. The van der Waals surface area contributed by atoms with Gasteiger partial charge in [-0.2, -0.15) is 0 Å². The summed E-state index contributed by atoms with van der Waals surface area (Å²) in [4.78, 5) is 5.63. The van der Waals surface area contributed by atoms with Crippen molar-refractivity contribution in [2.24, 2.45) is 0 Å². The molecule has 1 atom stereocenters. The highest BCUT2D eigenvalue weighted by atomic mass is 32.1. The Labute approximate surface area is 135 Å². The van der Waals surface area contributed by atoms with Crippen molar-refractivity contribution < 1.29 is 8.78 Å². The minimum absolute atomic E-state index is 0.0618. The summed E-state index contributed by atoms with van der Waals surface area (Å²) >= 11 is 3.29. The first kappa shape index (κ1) is 15.3. The Balaban J connectivity index is 1.71. The number of benzene rings is 1. The molecule has 3 rings (SSSR count). The van der Waals surface area contributed by atoms with E-state index in [4.69, 9.17) is 0 Å². The number of nitrogens with zero attached hydrogens (tertiary/aromatic N) is 1. The van der Waals surface area contributed by atoms with Gasteiger partial charge in [0.05, 0.1) is 6.04 Å².